The topological polar surface area (TPSA) is 149 Å². The zero-order chi connectivity index (χ0) is 27.2. The van der Waals surface area contributed by atoms with E-state index in [1.54, 1.807) is 18.7 Å². The van der Waals surface area contributed by atoms with Crippen LogP contribution in [0, 0.1) is 0 Å². The summed E-state index contributed by atoms with van der Waals surface area (Å²) >= 11 is 0. The summed E-state index contributed by atoms with van der Waals surface area (Å²) in [7, 11) is -3.63. The van der Waals surface area contributed by atoms with Gasteiger partial charge in [0.05, 0.1) is 18.1 Å². The minimum Gasteiger partial charge on any atom is -0.383 e. The normalized spacial score (nSPS) is 14.2. The molecule has 1 aromatic carbocycles. The molecule has 37 heavy (non-hydrogen) atoms. The number of hydrogen-bond acceptors (Lipinski definition) is 8. The standard InChI is InChI=1S/C24H36N6O6S/c1-4-7-12-29-22(25)21(27-13-15-36-16-14-27)23(32)30(24(29)33)17-20(31)26-18-8-10-19(11-9-18)37(34,35)28(5-2)6-3/h8-11H,4-7,12-17,25H2,1-3H3,(H,26,31). The van der Waals surface area contributed by atoms with E-state index in [0.717, 1.165) is 11.0 Å². The number of nitrogens with two attached hydrogens (primary N) is 1. The van der Waals surface area contributed by atoms with Crippen molar-refractivity contribution in [2.24, 2.45) is 0 Å². The number of nitrogens with one attached hydrogen (secondary N) is 1. The lowest BCUT2D eigenvalue weighted by molar-refractivity contribution is -0.116. The number of carbonyl (C=O) groups is 1. The second-order valence-electron chi connectivity index (χ2n) is 8.67. The molecule has 1 saturated heterocycles. The van der Waals surface area contributed by atoms with Crippen LogP contribution >= 0.6 is 0 Å². The fourth-order valence-corrected chi connectivity index (χ4v) is 5.68. The fraction of sp³-hybridized carbons (Fsp3) is 0.542. The van der Waals surface area contributed by atoms with Gasteiger partial charge in [-0.05, 0) is 30.7 Å². The molecule has 2 heterocycles. The Hall–Kier alpha value is -3.16. The highest BCUT2D eigenvalue weighted by atomic mass is 32.2. The Morgan fingerprint density at radius 3 is 2.24 bits per heavy atom. The van der Waals surface area contributed by atoms with Crippen LogP contribution in [-0.2, 0) is 32.6 Å². The van der Waals surface area contributed by atoms with Gasteiger partial charge in [-0.15, -0.1) is 0 Å². The number of hydrogen-bond donors (Lipinski definition) is 2. The summed E-state index contributed by atoms with van der Waals surface area (Å²) in [6, 6.07) is 5.76. The predicted octanol–water partition coefficient (Wildman–Crippen LogP) is 0.898. The SMILES string of the molecule is CCCCn1c(N)c(N2CCOCC2)c(=O)n(CC(=O)Nc2ccc(S(=O)(=O)N(CC)CC)cc2)c1=O. The molecular weight excluding hydrogens is 500 g/mol. The van der Waals surface area contributed by atoms with Crippen molar-refractivity contribution in [3.05, 3.63) is 45.1 Å². The van der Waals surface area contributed by atoms with Gasteiger partial charge < -0.3 is 20.7 Å². The first kappa shape index (κ1) is 28.4. The molecular formula is C24H36N6O6S. The Labute approximate surface area is 216 Å². The Bertz CT molecular complexity index is 1310. The van der Waals surface area contributed by atoms with Crippen molar-refractivity contribution < 1.29 is 17.9 Å². The monoisotopic (exact) mass is 536 g/mol. The Morgan fingerprint density at radius 2 is 1.68 bits per heavy atom. The molecule has 3 N–H and O–H groups in total. The molecule has 0 spiro atoms. The van der Waals surface area contributed by atoms with Crippen molar-refractivity contribution in [3.8, 4) is 0 Å². The van der Waals surface area contributed by atoms with Gasteiger partial charge >= 0.3 is 5.69 Å². The summed E-state index contributed by atoms with van der Waals surface area (Å²) in [4.78, 5) is 41.3. The summed E-state index contributed by atoms with van der Waals surface area (Å²) in [5, 5.41) is 2.64. The molecule has 0 aliphatic carbocycles. The van der Waals surface area contributed by atoms with E-state index in [1.807, 2.05) is 6.92 Å². The van der Waals surface area contributed by atoms with Gasteiger partial charge in [0.15, 0.2) is 0 Å². The molecule has 1 aromatic heterocycles. The van der Waals surface area contributed by atoms with Crippen LogP contribution in [0.15, 0.2) is 38.8 Å². The summed E-state index contributed by atoms with van der Waals surface area (Å²) in [6.07, 6.45) is 1.50. The summed E-state index contributed by atoms with van der Waals surface area (Å²) in [6.45, 7) is 7.73. The van der Waals surface area contributed by atoms with Crippen LogP contribution in [0.25, 0.3) is 0 Å². The average Bonchev–Trinajstić information content (AvgIpc) is 2.88. The summed E-state index contributed by atoms with van der Waals surface area (Å²) in [5.74, 6) is -0.509. The number of amides is 1. The molecule has 1 fully saturated rings. The smallest absolute Gasteiger partial charge is 0.333 e. The van der Waals surface area contributed by atoms with Crippen LogP contribution in [0.3, 0.4) is 0 Å². The number of carbonyl (C=O) groups excluding carboxylic acids is 1. The van der Waals surface area contributed by atoms with Crippen LogP contribution in [0.2, 0.25) is 0 Å². The van der Waals surface area contributed by atoms with E-state index in [0.29, 0.717) is 58.0 Å². The third kappa shape index (κ3) is 6.22. The van der Waals surface area contributed by atoms with E-state index >= 15 is 0 Å². The number of morpholine rings is 1. The molecule has 0 atom stereocenters. The summed E-state index contributed by atoms with van der Waals surface area (Å²) in [5.41, 5.74) is 5.54. The first-order chi connectivity index (χ1) is 17.6. The molecule has 1 aliphatic rings. The predicted molar refractivity (Wildman–Crippen MR) is 142 cm³/mol. The van der Waals surface area contributed by atoms with Crippen molar-refractivity contribution >= 4 is 33.1 Å². The highest BCUT2D eigenvalue weighted by Crippen LogP contribution is 2.20. The second kappa shape index (κ2) is 12.4. The molecule has 2 aromatic rings. The largest absolute Gasteiger partial charge is 0.383 e. The molecule has 0 bridgehead atoms. The van der Waals surface area contributed by atoms with Crippen molar-refractivity contribution in [1.82, 2.24) is 13.4 Å². The number of benzene rings is 1. The average molecular weight is 537 g/mol. The van der Waals surface area contributed by atoms with Gasteiger partial charge in [0, 0.05) is 38.4 Å². The van der Waals surface area contributed by atoms with Gasteiger partial charge in [-0.2, -0.15) is 4.31 Å². The van der Waals surface area contributed by atoms with Gasteiger partial charge in [0.2, 0.25) is 15.9 Å². The number of ether oxygens (including phenoxy) is 1. The first-order valence-corrected chi connectivity index (χ1v) is 14.0. The van der Waals surface area contributed by atoms with Gasteiger partial charge in [-0.1, -0.05) is 27.2 Å². The molecule has 0 radical (unpaired) electrons. The van der Waals surface area contributed by atoms with Crippen LogP contribution in [0.4, 0.5) is 17.2 Å². The zero-order valence-electron chi connectivity index (χ0n) is 21.6. The number of sulfonamides is 1. The molecule has 0 saturated carbocycles. The molecule has 1 aliphatic heterocycles. The van der Waals surface area contributed by atoms with Crippen LogP contribution in [0.5, 0.6) is 0 Å². The minimum atomic E-state index is -3.63. The highest BCUT2D eigenvalue weighted by molar-refractivity contribution is 7.89. The van der Waals surface area contributed by atoms with Gasteiger partial charge in [-0.3, -0.25) is 14.2 Å². The van der Waals surface area contributed by atoms with Crippen molar-refractivity contribution in [2.75, 3.05) is 55.3 Å². The maximum atomic E-state index is 13.3. The van der Waals surface area contributed by atoms with Crippen LogP contribution < -0.4 is 27.2 Å². The molecule has 1 amide bonds. The van der Waals surface area contributed by atoms with E-state index in [2.05, 4.69) is 5.32 Å². The van der Waals surface area contributed by atoms with E-state index in [9.17, 15) is 22.8 Å². The maximum Gasteiger partial charge on any atom is 0.333 e. The lowest BCUT2D eigenvalue weighted by Gasteiger charge is -2.30. The van der Waals surface area contributed by atoms with E-state index in [-0.39, 0.29) is 16.4 Å². The molecule has 0 unspecified atom stereocenters. The zero-order valence-corrected chi connectivity index (χ0v) is 22.4. The first-order valence-electron chi connectivity index (χ1n) is 12.5. The molecule has 13 heteroatoms. The number of nitrogens with zero attached hydrogens (tertiary/aromatic N) is 4. The fourth-order valence-electron chi connectivity index (χ4n) is 4.22. The number of anilines is 3. The Morgan fingerprint density at radius 1 is 1.05 bits per heavy atom. The van der Waals surface area contributed by atoms with Gasteiger partial charge in [0.1, 0.15) is 18.1 Å². The van der Waals surface area contributed by atoms with Crippen molar-refractivity contribution in [1.29, 1.82) is 0 Å². The number of nitrogen functional groups attached to an aromatic ring is 1. The quantitative estimate of drug-likeness (QED) is 0.430. The number of rotatable bonds is 11. The summed E-state index contributed by atoms with van der Waals surface area (Å²) < 4.78 is 34.3. The van der Waals surface area contributed by atoms with Crippen LogP contribution in [0.1, 0.15) is 33.6 Å². The van der Waals surface area contributed by atoms with Gasteiger partial charge in [0.25, 0.3) is 5.56 Å². The minimum absolute atomic E-state index is 0.0898. The van der Waals surface area contributed by atoms with E-state index in [1.165, 1.54) is 33.1 Å². The maximum absolute atomic E-state index is 13.3. The lowest BCUT2D eigenvalue weighted by Crippen LogP contribution is -2.48. The number of aromatic nitrogens is 2. The highest BCUT2D eigenvalue weighted by Gasteiger charge is 2.25. The Balaban J connectivity index is 1.88. The molecule has 204 valence electrons. The van der Waals surface area contributed by atoms with E-state index in [4.69, 9.17) is 10.5 Å². The second-order valence-corrected chi connectivity index (χ2v) is 10.6. The van der Waals surface area contributed by atoms with Crippen molar-refractivity contribution in [3.63, 3.8) is 0 Å². The van der Waals surface area contributed by atoms with Gasteiger partial charge in [-0.25, -0.2) is 17.8 Å². The third-order valence-electron chi connectivity index (χ3n) is 6.29. The van der Waals surface area contributed by atoms with Crippen molar-refractivity contribution in [2.45, 2.75) is 51.6 Å². The molecule has 12 nitrogen and oxygen atoms in total. The molecule has 3 rings (SSSR count). The number of unbranched alkanes of at least 4 members (excludes halogenated alkanes) is 1. The lowest BCUT2D eigenvalue weighted by atomic mass is 10.3. The third-order valence-corrected chi connectivity index (χ3v) is 8.35. The van der Waals surface area contributed by atoms with E-state index < -0.39 is 33.7 Å². The Kier molecular flexibility index (Phi) is 9.51. The van der Waals surface area contributed by atoms with Crippen LogP contribution in [-0.4, -0.2) is 67.2 Å².